The maximum absolute atomic E-state index is 5.59. The molecule has 1 atom stereocenters. The Balaban J connectivity index is 1.66. The van der Waals surface area contributed by atoms with Crippen LogP contribution >= 0.6 is 11.8 Å². The highest BCUT2D eigenvalue weighted by Crippen LogP contribution is 2.26. The first-order chi connectivity index (χ1) is 10.8. The van der Waals surface area contributed by atoms with E-state index < -0.39 is 0 Å². The molecule has 4 rings (SSSR count). The summed E-state index contributed by atoms with van der Waals surface area (Å²) in [7, 11) is 0. The van der Waals surface area contributed by atoms with Crippen LogP contribution in [0.5, 0.6) is 0 Å². The second kappa shape index (κ2) is 6.09. The number of nitrogens with zero attached hydrogens (tertiary/aromatic N) is 1. The van der Waals surface area contributed by atoms with Gasteiger partial charge >= 0.3 is 0 Å². The molecule has 22 heavy (non-hydrogen) atoms. The van der Waals surface area contributed by atoms with Crippen LogP contribution in [-0.2, 0) is 11.2 Å². The van der Waals surface area contributed by atoms with Crippen LogP contribution in [0.15, 0.2) is 29.3 Å². The van der Waals surface area contributed by atoms with Gasteiger partial charge in [0, 0.05) is 41.3 Å². The van der Waals surface area contributed by atoms with Crippen molar-refractivity contribution in [3.05, 3.63) is 30.0 Å². The summed E-state index contributed by atoms with van der Waals surface area (Å²) < 4.78 is 8.22. The van der Waals surface area contributed by atoms with Crippen molar-refractivity contribution >= 4 is 28.4 Å². The molecule has 0 radical (unpaired) electrons. The molecule has 0 saturated carbocycles. The standard InChI is InChI=1S/C18H23N2OS/c1-22-16-4-5-18-17(10-16)13(11-19-18)9-14-3-2-7-20(14)15-6-8-21-12-15/h4-5,10-11,15,19H,2-3,6-9,12H2,1H3/q+1/t15-/m1/s1. The van der Waals surface area contributed by atoms with Crippen molar-refractivity contribution in [2.75, 3.05) is 26.0 Å². The van der Waals surface area contributed by atoms with Crippen molar-refractivity contribution < 1.29 is 9.31 Å². The lowest BCUT2D eigenvalue weighted by molar-refractivity contribution is -0.557. The van der Waals surface area contributed by atoms with Crippen molar-refractivity contribution in [2.24, 2.45) is 0 Å². The van der Waals surface area contributed by atoms with Gasteiger partial charge in [0.05, 0.1) is 13.0 Å². The lowest BCUT2D eigenvalue weighted by Crippen LogP contribution is -2.29. The smallest absolute Gasteiger partial charge is 0.177 e. The third-order valence-electron chi connectivity index (χ3n) is 4.99. The summed E-state index contributed by atoms with van der Waals surface area (Å²) >= 11 is 1.81. The number of aromatic nitrogens is 1. The zero-order chi connectivity index (χ0) is 14.9. The van der Waals surface area contributed by atoms with Crippen LogP contribution in [0.25, 0.3) is 10.9 Å². The topological polar surface area (TPSA) is 28.0 Å². The van der Waals surface area contributed by atoms with Gasteiger partial charge in [-0.05, 0) is 30.0 Å². The van der Waals surface area contributed by atoms with Gasteiger partial charge in [0.15, 0.2) is 11.8 Å². The van der Waals surface area contributed by atoms with Crippen LogP contribution < -0.4 is 0 Å². The molecule has 1 saturated heterocycles. The molecule has 1 aromatic heterocycles. The fourth-order valence-corrected chi connectivity index (χ4v) is 4.24. The maximum Gasteiger partial charge on any atom is 0.177 e. The highest BCUT2D eigenvalue weighted by molar-refractivity contribution is 7.98. The molecule has 2 aromatic rings. The average molecular weight is 315 g/mol. The molecule has 0 unspecified atom stereocenters. The van der Waals surface area contributed by atoms with E-state index in [1.807, 2.05) is 11.8 Å². The van der Waals surface area contributed by atoms with Crippen LogP contribution in [0, 0.1) is 0 Å². The van der Waals surface area contributed by atoms with Gasteiger partial charge < -0.3 is 9.72 Å². The molecule has 0 bridgehead atoms. The fourth-order valence-electron chi connectivity index (χ4n) is 3.80. The lowest BCUT2D eigenvalue weighted by Gasteiger charge is -2.08. The number of hydrogen-bond acceptors (Lipinski definition) is 2. The summed E-state index contributed by atoms with van der Waals surface area (Å²) in [5.74, 6) is 0. The molecule has 3 nitrogen and oxygen atoms in total. The minimum Gasteiger partial charge on any atom is -0.374 e. The molecule has 2 aliphatic heterocycles. The van der Waals surface area contributed by atoms with Gasteiger partial charge in [-0.2, -0.15) is 0 Å². The average Bonchev–Trinajstić information content (AvgIpc) is 3.27. The summed E-state index contributed by atoms with van der Waals surface area (Å²) in [6.07, 6.45) is 9.14. The van der Waals surface area contributed by atoms with Crippen molar-refractivity contribution in [2.45, 2.75) is 36.6 Å². The Labute approximate surface area is 135 Å². The third kappa shape index (κ3) is 2.59. The van der Waals surface area contributed by atoms with Crippen LogP contribution in [0.1, 0.15) is 24.8 Å². The first-order valence-electron chi connectivity index (χ1n) is 8.18. The van der Waals surface area contributed by atoms with E-state index in [2.05, 4.69) is 40.2 Å². The minimum atomic E-state index is 0.615. The van der Waals surface area contributed by atoms with Gasteiger partial charge in [0.25, 0.3) is 0 Å². The summed E-state index contributed by atoms with van der Waals surface area (Å²) in [6, 6.07) is 7.33. The molecule has 0 aliphatic carbocycles. The number of thioether (sulfide) groups is 1. The van der Waals surface area contributed by atoms with E-state index in [-0.39, 0.29) is 0 Å². The zero-order valence-electron chi connectivity index (χ0n) is 13.1. The van der Waals surface area contributed by atoms with Crippen LogP contribution in [0.2, 0.25) is 0 Å². The normalized spacial score (nSPS) is 22.1. The van der Waals surface area contributed by atoms with Gasteiger partial charge in [-0.1, -0.05) is 0 Å². The Morgan fingerprint density at radius 2 is 2.36 bits per heavy atom. The maximum atomic E-state index is 5.59. The quantitative estimate of drug-likeness (QED) is 0.691. The molecule has 116 valence electrons. The molecule has 3 heterocycles. The van der Waals surface area contributed by atoms with E-state index >= 15 is 0 Å². The largest absolute Gasteiger partial charge is 0.374 e. The number of rotatable bonds is 4. The van der Waals surface area contributed by atoms with Crippen LogP contribution in [0.3, 0.4) is 0 Å². The molecular formula is C18H23N2OS+. The van der Waals surface area contributed by atoms with Gasteiger partial charge in [-0.25, -0.2) is 4.58 Å². The number of aromatic amines is 1. The molecular weight excluding hydrogens is 292 g/mol. The van der Waals surface area contributed by atoms with Crippen molar-refractivity contribution in [1.29, 1.82) is 0 Å². The summed E-state index contributed by atoms with van der Waals surface area (Å²) in [4.78, 5) is 4.77. The molecule has 0 spiro atoms. The van der Waals surface area contributed by atoms with Gasteiger partial charge in [0.1, 0.15) is 13.2 Å². The Morgan fingerprint density at radius 1 is 1.41 bits per heavy atom. The Morgan fingerprint density at radius 3 is 3.18 bits per heavy atom. The monoisotopic (exact) mass is 315 g/mol. The van der Waals surface area contributed by atoms with Crippen molar-refractivity contribution in [1.82, 2.24) is 4.98 Å². The van der Waals surface area contributed by atoms with Gasteiger partial charge in [-0.15, -0.1) is 11.8 Å². The van der Waals surface area contributed by atoms with E-state index in [4.69, 9.17) is 4.74 Å². The second-order valence-electron chi connectivity index (χ2n) is 6.28. The molecule has 2 aliphatic rings. The SMILES string of the molecule is CSc1ccc2[nH]cc(CC3=[N+]([C@@H]4CCOC4)CCC3)c2c1. The van der Waals surface area contributed by atoms with Gasteiger partial charge in [0.2, 0.25) is 0 Å². The van der Waals surface area contributed by atoms with E-state index in [9.17, 15) is 0 Å². The number of benzene rings is 1. The highest BCUT2D eigenvalue weighted by atomic mass is 32.2. The second-order valence-corrected chi connectivity index (χ2v) is 7.16. The number of hydrogen-bond donors (Lipinski definition) is 1. The molecule has 4 heteroatoms. The summed E-state index contributed by atoms with van der Waals surface area (Å²) in [5, 5.41) is 1.38. The Kier molecular flexibility index (Phi) is 3.97. The fraction of sp³-hybridized carbons (Fsp3) is 0.500. The molecule has 1 aromatic carbocycles. The van der Waals surface area contributed by atoms with E-state index in [0.29, 0.717) is 6.04 Å². The van der Waals surface area contributed by atoms with Gasteiger partial charge in [-0.3, -0.25) is 0 Å². The summed E-state index contributed by atoms with van der Waals surface area (Å²) in [5.41, 5.74) is 4.29. The zero-order valence-corrected chi connectivity index (χ0v) is 13.9. The number of ether oxygens (including phenoxy) is 1. The number of nitrogens with one attached hydrogen (secondary N) is 1. The van der Waals surface area contributed by atoms with E-state index in [1.165, 1.54) is 47.2 Å². The first-order valence-corrected chi connectivity index (χ1v) is 9.41. The Hall–Kier alpha value is -1.26. The lowest BCUT2D eigenvalue weighted by atomic mass is 10.1. The van der Waals surface area contributed by atoms with Crippen molar-refractivity contribution in [3.8, 4) is 0 Å². The highest BCUT2D eigenvalue weighted by Gasteiger charge is 2.32. The first kappa shape index (κ1) is 14.3. The molecule has 1 N–H and O–H groups in total. The Bertz CT molecular complexity index is 713. The minimum absolute atomic E-state index is 0.615. The molecule has 0 amide bonds. The predicted molar refractivity (Wildman–Crippen MR) is 92.4 cm³/mol. The third-order valence-corrected chi connectivity index (χ3v) is 5.71. The van der Waals surface area contributed by atoms with Crippen molar-refractivity contribution in [3.63, 3.8) is 0 Å². The summed E-state index contributed by atoms with van der Waals surface area (Å²) in [6.45, 7) is 3.05. The molecule has 1 fully saturated rings. The number of H-pyrrole nitrogens is 1. The predicted octanol–water partition coefficient (Wildman–Crippen LogP) is 3.47. The van der Waals surface area contributed by atoms with E-state index in [0.717, 1.165) is 19.6 Å². The number of fused-ring (bicyclic) bond motifs is 1. The van der Waals surface area contributed by atoms with Crippen LogP contribution in [-0.4, -0.2) is 47.3 Å². The van der Waals surface area contributed by atoms with Crippen LogP contribution in [0.4, 0.5) is 0 Å². The van der Waals surface area contributed by atoms with E-state index in [1.54, 1.807) is 5.71 Å².